The Morgan fingerprint density at radius 1 is 1.45 bits per heavy atom. The highest BCUT2D eigenvalue weighted by Gasteiger charge is 2.26. The largest absolute Gasteiger partial charge is 0.406 e. The third-order valence-electron chi connectivity index (χ3n) is 3.48. The first-order valence-electron chi connectivity index (χ1n) is 6.81. The number of anilines is 2. The SMILES string of the molecule is CCNC(C)c1nnc(N2CCc3ccc(F)cc32)o1. The van der Waals surface area contributed by atoms with Crippen molar-refractivity contribution < 1.29 is 8.81 Å². The molecule has 0 radical (unpaired) electrons. The predicted molar refractivity (Wildman–Crippen MR) is 73.5 cm³/mol. The van der Waals surface area contributed by atoms with Gasteiger partial charge in [-0.1, -0.05) is 18.1 Å². The normalized spacial score (nSPS) is 15.4. The lowest BCUT2D eigenvalue weighted by molar-refractivity contribution is 0.424. The molecule has 2 aromatic rings. The van der Waals surface area contributed by atoms with Crippen molar-refractivity contribution in [3.63, 3.8) is 0 Å². The number of rotatable bonds is 4. The molecule has 2 heterocycles. The van der Waals surface area contributed by atoms with Crippen molar-refractivity contribution in [3.05, 3.63) is 35.5 Å². The number of nitrogens with one attached hydrogen (secondary N) is 1. The zero-order valence-electron chi connectivity index (χ0n) is 11.6. The minimum atomic E-state index is -0.253. The Bertz CT molecular complexity index is 613. The summed E-state index contributed by atoms with van der Waals surface area (Å²) in [4.78, 5) is 1.87. The van der Waals surface area contributed by atoms with Crippen LogP contribution in [0.1, 0.15) is 31.3 Å². The summed E-state index contributed by atoms with van der Waals surface area (Å²) >= 11 is 0. The molecule has 1 atom stereocenters. The highest BCUT2D eigenvalue weighted by molar-refractivity contribution is 5.64. The number of hydrogen-bond acceptors (Lipinski definition) is 5. The molecule has 0 bridgehead atoms. The molecule has 0 amide bonds. The van der Waals surface area contributed by atoms with Crippen molar-refractivity contribution in [2.45, 2.75) is 26.3 Å². The third kappa shape index (κ3) is 2.27. The van der Waals surface area contributed by atoms with Crippen molar-refractivity contribution in [1.29, 1.82) is 0 Å². The lowest BCUT2D eigenvalue weighted by atomic mass is 10.2. The maximum Gasteiger partial charge on any atom is 0.322 e. The molecular formula is C14H17FN4O. The summed E-state index contributed by atoms with van der Waals surface area (Å²) in [6.45, 7) is 5.55. The van der Waals surface area contributed by atoms with Crippen molar-refractivity contribution in [3.8, 4) is 0 Å². The standard InChI is InChI=1S/C14H17FN4O/c1-3-16-9(2)13-17-18-14(20-13)19-7-6-10-4-5-11(15)8-12(10)19/h4-5,8-9,16H,3,6-7H2,1-2H3. The molecule has 1 aliphatic rings. The Labute approximate surface area is 116 Å². The summed E-state index contributed by atoms with van der Waals surface area (Å²) < 4.78 is 19.1. The molecule has 1 aliphatic heterocycles. The van der Waals surface area contributed by atoms with Crippen LogP contribution in [0, 0.1) is 5.82 Å². The van der Waals surface area contributed by atoms with E-state index in [4.69, 9.17) is 4.42 Å². The van der Waals surface area contributed by atoms with Crippen LogP contribution in [-0.2, 0) is 6.42 Å². The molecular weight excluding hydrogens is 259 g/mol. The number of nitrogens with zero attached hydrogens (tertiary/aromatic N) is 3. The van der Waals surface area contributed by atoms with E-state index in [9.17, 15) is 4.39 Å². The summed E-state index contributed by atoms with van der Waals surface area (Å²) in [6, 6.07) is 5.24. The smallest absolute Gasteiger partial charge is 0.322 e. The molecule has 5 nitrogen and oxygen atoms in total. The van der Waals surface area contributed by atoms with Crippen LogP contribution in [-0.4, -0.2) is 23.3 Å². The van der Waals surface area contributed by atoms with Crippen LogP contribution in [0.15, 0.2) is 22.6 Å². The molecule has 1 aromatic carbocycles. The molecule has 106 valence electrons. The Kier molecular flexibility index (Phi) is 3.40. The fraction of sp³-hybridized carbons (Fsp3) is 0.429. The number of halogens is 1. The molecule has 1 aromatic heterocycles. The summed E-state index contributed by atoms with van der Waals surface area (Å²) in [5, 5.41) is 11.4. The van der Waals surface area contributed by atoms with Gasteiger partial charge in [0.05, 0.1) is 11.7 Å². The zero-order chi connectivity index (χ0) is 14.1. The molecule has 20 heavy (non-hydrogen) atoms. The Morgan fingerprint density at radius 3 is 3.10 bits per heavy atom. The first-order valence-corrected chi connectivity index (χ1v) is 6.81. The number of hydrogen-bond donors (Lipinski definition) is 1. The van der Waals surface area contributed by atoms with Gasteiger partial charge in [0.25, 0.3) is 0 Å². The number of benzene rings is 1. The van der Waals surface area contributed by atoms with E-state index in [2.05, 4.69) is 15.5 Å². The van der Waals surface area contributed by atoms with Crippen LogP contribution in [0.3, 0.4) is 0 Å². The molecule has 0 aliphatic carbocycles. The molecule has 1 N–H and O–H groups in total. The average molecular weight is 276 g/mol. The van der Waals surface area contributed by atoms with Crippen molar-refractivity contribution in [2.75, 3.05) is 18.0 Å². The van der Waals surface area contributed by atoms with Gasteiger partial charge < -0.3 is 9.73 Å². The zero-order valence-corrected chi connectivity index (χ0v) is 11.6. The summed E-state index contributed by atoms with van der Waals surface area (Å²) in [6.07, 6.45) is 0.857. The van der Waals surface area contributed by atoms with Crippen LogP contribution < -0.4 is 10.2 Å². The fourth-order valence-electron chi connectivity index (χ4n) is 2.46. The predicted octanol–water partition coefficient (Wildman–Crippen LogP) is 2.57. The summed E-state index contributed by atoms with van der Waals surface area (Å²) in [5.74, 6) is 0.295. The Balaban J connectivity index is 1.87. The van der Waals surface area contributed by atoms with Gasteiger partial charge in [0.15, 0.2) is 0 Å². The van der Waals surface area contributed by atoms with E-state index in [0.717, 1.165) is 30.8 Å². The van der Waals surface area contributed by atoms with E-state index < -0.39 is 0 Å². The molecule has 6 heteroatoms. The average Bonchev–Trinajstić information content (AvgIpc) is 3.04. The van der Waals surface area contributed by atoms with Gasteiger partial charge in [-0.2, -0.15) is 0 Å². The van der Waals surface area contributed by atoms with Crippen LogP contribution in [0.25, 0.3) is 0 Å². The van der Waals surface area contributed by atoms with E-state index in [-0.39, 0.29) is 11.9 Å². The van der Waals surface area contributed by atoms with Gasteiger partial charge in [-0.15, -0.1) is 5.10 Å². The summed E-state index contributed by atoms with van der Waals surface area (Å²) in [7, 11) is 0. The minimum absolute atomic E-state index is 0.0100. The van der Waals surface area contributed by atoms with E-state index in [1.165, 1.54) is 12.1 Å². The molecule has 1 unspecified atom stereocenters. The lowest BCUT2D eigenvalue weighted by Crippen LogP contribution is -2.18. The van der Waals surface area contributed by atoms with E-state index in [0.29, 0.717) is 11.9 Å². The summed E-state index contributed by atoms with van der Waals surface area (Å²) in [5.41, 5.74) is 1.92. The first-order chi connectivity index (χ1) is 9.69. The Morgan fingerprint density at radius 2 is 2.30 bits per heavy atom. The van der Waals surface area contributed by atoms with E-state index in [1.807, 2.05) is 24.8 Å². The second-order valence-electron chi connectivity index (χ2n) is 4.88. The number of fused-ring (bicyclic) bond motifs is 1. The van der Waals surface area contributed by atoms with Crippen LogP contribution in [0.2, 0.25) is 0 Å². The molecule has 0 spiro atoms. The van der Waals surface area contributed by atoms with Gasteiger partial charge in [0.2, 0.25) is 5.89 Å². The van der Waals surface area contributed by atoms with Gasteiger partial charge in [-0.3, -0.25) is 4.90 Å². The Hall–Kier alpha value is -1.95. The molecule has 0 saturated heterocycles. The highest BCUT2D eigenvalue weighted by atomic mass is 19.1. The van der Waals surface area contributed by atoms with Crippen LogP contribution >= 0.6 is 0 Å². The molecule has 3 rings (SSSR count). The van der Waals surface area contributed by atoms with Gasteiger partial charge in [-0.25, -0.2) is 4.39 Å². The van der Waals surface area contributed by atoms with E-state index >= 15 is 0 Å². The van der Waals surface area contributed by atoms with Crippen LogP contribution in [0.5, 0.6) is 0 Å². The van der Waals surface area contributed by atoms with Crippen LogP contribution in [0.4, 0.5) is 16.1 Å². The van der Waals surface area contributed by atoms with Gasteiger partial charge in [0, 0.05) is 6.54 Å². The van der Waals surface area contributed by atoms with E-state index in [1.54, 1.807) is 0 Å². The second-order valence-corrected chi connectivity index (χ2v) is 4.88. The van der Waals surface area contributed by atoms with Gasteiger partial charge in [0.1, 0.15) is 5.82 Å². The maximum absolute atomic E-state index is 13.4. The maximum atomic E-state index is 13.4. The monoisotopic (exact) mass is 276 g/mol. The quantitative estimate of drug-likeness (QED) is 0.930. The van der Waals surface area contributed by atoms with Crippen molar-refractivity contribution in [2.24, 2.45) is 0 Å². The van der Waals surface area contributed by atoms with Crippen molar-refractivity contribution >= 4 is 11.7 Å². The third-order valence-corrected chi connectivity index (χ3v) is 3.48. The topological polar surface area (TPSA) is 54.2 Å². The fourth-order valence-corrected chi connectivity index (χ4v) is 2.46. The molecule has 0 saturated carbocycles. The second kappa shape index (κ2) is 5.20. The van der Waals surface area contributed by atoms with Gasteiger partial charge in [-0.05, 0) is 37.6 Å². The minimum Gasteiger partial charge on any atom is -0.406 e. The van der Waals surface area contributed by atoms with Gasteiger partial charge >= 0.3 is 6.01 Å². The van der Waals surface area contributed by atoms with Crippen molar-refractivity contribution in [1.82, 2.24) is 15.5 Å². The lowest BCUT2D eigenvalue weighted by Gasteiger charge is -2.13. The number of aromatic nitrogens is 2. The molecule has 0 fully saturated rings. The highest BCUT2D eigenvalue weighted by Crippen LogP contribution is 2.34. The first kappa shape index (κ1) is 13.1.